The first-order chi connectivity index (χ1) is 8.59. The van der Waals surface area contributed by atoms with E-state index in [4.69, 9.17) is 0 Å². The molecule has 92 valence electrons. The number of rotatable bonds is 3. The van der Waals surface area contributed by atoms with Gasteiger partial charge in [0.2, 0.25) is 0 Å². The molecule has 2 aromatic rings. The molecule has 3 nitrogen and oxygen atoms in total. The van der Waals surface area contributed by atoms with Gasteiger partial charge in [0.1, 0.15) is 0 Å². The molecule has 1 heterocycles. The van der Waals surface area contributed by atoms with Crippen LogP contribution in [0.25, 0.3) is 0 Å². The van der Waals surface area contributed by atoms with Gasteiger partial charge in [0.25, 0.3) is 0 Å². The lowest BCUT2D eigenvalue weighted by molar-refractivity contribution is 0.103. The number of ketones is 1. The first-order valence-corrected chi connectivity index (χ1v) is 5.82. The molecule has 0 aliphatic heterocycles. The Labute approximate surface area is 107 Å². The summed E-state index contributed by atoms with van der Waals surface area (Å²) in [6.45, 7) is 1.92. The number of hydrogen-bond donors (Lipinski definition) is 0. The molecular formula is C15H16N2O. The van der Waals surface area contributed by atoms with E-state index in [0.29, 0.717) is 11.1 Å². The minimum atomic E-state index is 0.0194. The fraction of sp³-hybridized carbons (Fsp3) is 0.200. The van der Waals surface area contributed by atoms with Crippen LogP contribution in [0.2, 0.25) is 0 Å². The van der Waals surface area contributed by atoms with Gasteiger partial charge in [0, 0.05) is 43.3 Å². The predicted octanol–water partition coefficient (Wildman–Crippen LogP) is 2.69. The molecule has 0 fully saturated rings. The molecule has 0 spiro atoms. The second-order valence-corrected chi connectivity index (χ2v) is 4.46. The van der Waals surface area contributed by atoms with E-state index in [1.165, 1.54) is 0 Å². The molecular weight excluding hydrogens is 224 g/mol. The standard InChI is InChI=1S/C15H16N2O/c1-11-8-9-16-10-14(11)15(18)12-4-6-13(7-5-12)17(2)3/h4-10H,1-3H3. The van der Waals surface area contributed by atoms with Crippen LogP contribution in [0.3, 0.4) is 0 Å². The Morgan fingerprint density at radius 1 is 1.11 bits per heavy atom. The molecule has 0 N–H and O–H groups in total. The van der Waals surface area contributed by atoms with Crippen LogP contribution >= 0.6 is 0 Å². The number of benzene rings is 1. The maximum atomic E-state index is 12.3. The van der Waals surface area contributed by atoms with Crippen LogP contribution in [0.5, 0.6) is 0 Å². The van der Waals surface area contributed by atoms with E-state index >= 15 is 0 Å². The number of aromatic nitrogens is 1. The molecule has 1 aromatic carbocycles. The average Bonchev–Trinajstić information content (AvgIpc) is 2.38. The van der Waals surface area contributed by atoms with Crippen molar-refractivity contribution in [2.75, 3.05) is 19.0 Å². The Balaban J connectivity index is 2.32. The quantitative estimate of drug-likeness (QED) is 0.773. The number of carbonyl (C=O) groups excluding carboxylic acids is 1. The molecule has 0 bridgehead atoms. The molecule has 1 aromatic heterocycles. The lowest BCUT2D eigenvalue weighted by atomic mass is 10.0. The molecule has 0 amide bonds. The number of anilines is 1. The first kappa shape index (κ1) is 12.3. The Hall–Kier alpha value is -2.16. The van der Waals surface area contributed by atoms with Gasteiger partial charge in [-0.05, 0) is 42.8 Å². The van der Waals surface area contributed by atoms with Crippen molar-refractivity contribution < 1.29 is 4.79 Å². The van der Waals surface area contributed by atoms with E-state index in [1.807, 2.05) is 56.3 Å². The summed E-state index contributed by atoms with van der Waals surface area (Å²) < 4.78 is 0. The van der Waals surface area contributed by atoms with Crippen LogP contribution in [-0.4, -0.2) is 24.9 Å². The highest BCUT2D eigenvalue weighted by Gasteiger charge is 2.11. The molecule has 2 rings (SSSR count). The zero-order valence-corrected chi connectivity index (χ0v) is 10.8. The summed E-state index contributed by atoms with van der Waals surface area (Å²) in [5.41, 5.74) is 3.38. The Morgan fingerprint density at radius 3 is 2.33 bits per heavy atom. The van der Waals surface area contributed by atoms with Crippen LogP contribution in [0.1, 0.15) is 21.5 Å². The molecule has 18 heavy (non-hydrogen) atoms. The van der Waals surface area contributed by atoms with Crippen molar-refractivity contribution in [1.29, 1.82) is 0 Å². The lowest BCUT2D eigenvalue weighted by Crippen LogP contribution is -2.09. The summed E-state index contributed by atoms with van der Waals surface area (Å²) in [6, 6.07) is 9.44. The van der Waals surface area contributed by atoms with Crippen molar-refractivity contribution in [3.63, 3.8) is 0 Å². The maximum absolute atomic E-state index is 12.3. The number of nitrogens with zero attached hydrogens (tertiary/aromatic N) is 2. The normalized spacial score (nSPS) is 10.2. The highest BCUT2D eigenvalue weighted by Crippen LogP contribution is 2.16. The van der Waals surface area contributed by atoms with Crippen molar-refractivity contribution in [2.45, 2.75) is 6.92 Å². The largest absolute Gasteiger partial charge is 0.378 e. The minimum Gasteiger partial charge on any atom is -0.378 e. The van der Waals surface area contributed by atoms with Gasteiger partial charge in [-0.15, -0.1) is 0 Å². The third kappa shape index (κ3) is 2.40. The Bertz CT molecular complexity index is 559. The molecule has 0 saturated carbocycles. The topological polar surface area (TPSA) is 33.2 Å². The third-order valence-corrected chi connectivity index (χ3v) is 2.93. The van der Waals surface area contributed by atoms with Gasteiger partial charge in [0.05, 0.1) is 0 Å². The van der Waals surface area contributed by atoms with Gasteiger partial charge in [-0.1, -0.05) is 0 Å². The molecule has 3 heteroatoms. The van der Waals surface area contributed by atoms with Crippen molar-refractivity contribution in [1.82, 2.24) is 4.98 Å². The van der Waals surface area contributed by atoms with E-state index in [2.05, 4.69) is 4.98 Å². The Kier molecular flexibility index (Phi) is 3.42. The fourth-order valence-corrected chi connectivity index (χ4v) is 1.77. The van der Waals surface area contributed by atoms with E-state index in [9.17, 15) is 4.79 Å². The molecule has 0 radical (unpaired) electrons. The maximum Gasteiger partial charge on any atom is 0.194 e. The van der Waals surface area contributed by atoms with Gasteiger partial charge < -0.3 is 4.90 Å². The first-order valence-electron chi connectivity index (χ1n) is 5.82. The monoisotopic (exact) mass is 240 g/mol. The van der Waals surface area contributed by atoms with Crippen molar-refractivity contribution in [2.24, 2.45) is 0 Å². The molecule has 0 atom stereocenters. The second-order valence-electron chi connectivity index (χ2n) is 4.46. The van der Waals surface area contributed by atoms with E-state index in [1.54, 1.807) is 12.4 Å². The summed E-state index contributed by atoms with van der Waals surface area (Å²) in [4.78, 5) is 18.3. The fourth-order valence-electron chi connectivity index (χ4n) is 1.77. The summed E-state index contributed by atoms with van der Waals surface area (Å²) in [6.07, 6.45) is 3.32. The smallest absolute Gasteiger partial charge is 0.194 e. The SMILES string of the molecule is Cc1ccncc1C(=O)c1ccc(N(C)C)cc1. The molecule has 0 saturated heterocycles. The number of aryl methyl sites for hydroxylation is 1. The van der Waals surface area contributed by atoms with Crippen molar-refractivity contribution in [3.8, 4) is 0 Å². The van der Waals surface area contributed by atoms with Crippen LogP contribution in [-0.2, 0) is 0 Å². The van der Waals surface area contributed by atoms with E-state index in [0.717, 1.165) is 11.3 Å². The van der Waals surface area contributed by atoms with Gasteiger partial charge in [-0.3, -0.25) is 9.78 Å². The van der Waals surface area contributed by atoms with E-state index < -0.39 is 0 Å². The zero-order valence-electron chi connectivity index (χ0n) is 10.8. The van der Waals surface area contributed by atoms with Gasteiger partial charge in [-0.25, -0.2) is 0 Å². The summed E-state index contributed by atoms with van der Waals surface area (Å²) >= 11 is 0. The van der Waals surface area contributed by atoms with Crippen LogP contribution in [0, 0.1) is 6.92 Å². The van der Waals surface area contributed by atoms with Gasteiger partial charge >= 0.3 is 0 Å². The Morgan fingerprint density at radius 2 is 1.78 bits per heavy atom. The highest BCUT2D eigenvalue weighted by molar-refractivity contribution is 6.09. The highest BCUT2D eigenvalue weighted by atomic mass is 16.1. The summed E-state index contributed by atoms with van der Waals surface area (Å²) in [7, 11) is 3.95. The van der Waals surface area contributed by atoms with Crippen molar-refractivity contribution >= 4 is 11.5 Å². The van der Waals surface area contributed by atoms with Crippen LogP contribution in [0.4, 0.5) is 5.69 Å². The number of pyridine rings is 1. The van der Waals surface area contributed by atoms with E-state index in [-0.39, 0.29) is 5.78 Å². The second kappa shape index (κ2) is 5.00. The molecule has 0 unspecified atom stereocenters. The predicted molar refractivity (Wildman–Crippen MR) is 73.2 cm³/mol. The molecule has 0 aliphatic rings. The minimum absolute atomic E-state index is 0.0194. The number of carbonyl (C=O) groups is 1. The average molecular weight is 240 g/mol. The molecule has 0 aliphatic carbocycles. The summed E-state index contributed by atoms with van der Waals surface area (Å²) in [5.74, 6) is 0.0194. The van der Waals surface area contributed by atoms with Crippen LogP contribution in [0.15, 0.2) is 42.7 Å². The number of hydrogen-bond acceptors (Lipinski definition) is 3. The summed E-state index contributed by atoms with van der Waals surface area (Å²) in [5, 5.41) is 0. The van der Waals surface area contributed by atoms with Crippen LogP contribution < -0.4 is 4.90 Å². The van der Waals surface area contributed by atoms with Crippen molar-refractivity contribution in [3.05, 3.63) is 59.4 Å². The lowest BCUT2D eigenvalue weighted by Gasteiger charge is -2.12. The zero-order chi connectivity index (χ0) is 13.1. The van der Waals surface area contributed by atoms with Gasteiger partial charge in [-0.2, -0.15) is 0 Å². The van der Waals surface area contributed by atoms with Gasteiger partial charge in [0.15, 0.2) is 5.78 Å². The third-order valence-electron chi connectivity index (χ3n) is 2.93.